The zero-order chi connectivity index (χ0) is 14.4. The van der Waals surface area contributed by atoms with Crippen molar-refractivity contribution in [3.8, 4) is 5.75 Å². The number of benzene rings is 1. The second kappa shape index (κ2) is 8.01. The Morgan fingerprint density at radius 2 is 2.30 bits per heavy atom. The first-order chi connectivity index (χ1) is 9.76. The third-order valence-electron chi connectivity index (χ3n) is 3.67. The van der Waals surface area contributed by atoms with Crippen LogP contribution in [0.5, 0.6) is 5.75 Å². The van der Waals surface area contributed by atoms with Crippen molar-refractivity contribution in [2.75, 3.05) is 20.3 Å². The Labute approximate surface area is 130 Å². The number of halogens is 1. The molecule has 20 heavy (non-hydrogen) atoms. The highest BCUT2D eigenvalue weighted by atomic mass is 79.9. The number of nitrogens with one attached hydrogen (secondary N) is 1. The van der Waals surface area contributed by atoms with Gasteiger partial charge < -0.3 is 14.8 Å². The summed E-state index contributed by atoms with van der Waals surface area (Å²) in [5.41, 5.74) is 1.25. The lowest BCUT2D eigenvalue weighted by Crippen LogP contribution is -2.34. The lowest BCUT2D eigenvalue weighted by Gasteiger charge is -2.30. The van der Waals surface area contributed by atoms with Crippen LogP contribution in [0.25, 0.3) is 0 Å². The van der Waals surface area contributed by atoms with Crippen LogP contribution in [0.3, 0.4) is 0 Å². The smallest absolute Gasteiger partial charge is 0.133 e. The standard InChI is InChI=1S/C16H24BrNO2/c1-3-9-19-14-8-7-12(11-13(14)17)16(18-2)15-6-4-5-10-20-15/h7-8,11,15-16,18H,3-6,9-10H2,1-2H3. The molecule has 0 radical (unpaired) electrons. The quantitative estimate of drug-likeness (QED) is 0.845. The van der Waals surface area contributed by atoms with E-state index in [0.717, 1.165) is 36.3 Å². The van der Waals surface area contributed by atoms with E-state index in [1.165, 1.54) is 18.4 Å². The van der Waals surface area contributed by atoms with Crippen LogP contribution >= 0.6 is 15.9 Å². The third kappa shape index (κ3) is 3.96. The predicted molar refractivity (Wildman–Crippen MR) is 85.3 cm³/mol. The maximum absolute atomic E-state index is 5.91. The molecule has 0 amide bonds. The average Bonchev–Trinajstić information content (AvgIpc) is 2.48. The lowest BCUT2D eigenvalue weighted by atomic mass is 9.96. The van der Waals surface area contributed by atoms with E-state index in [1.807, 2.05) is 13.1 Å². The predicted octanol–water partition coefficient (Wildman–Crippen LogP) is 4.07. The molecule has 3 nitrogen and oxygen atoms in total. The summed E-state index contributed by atoms with van der Waals surface area (Å²) in [5, 5.41) is 3.39. The molecule has 0 saturated carbocycles. The normalized spacial score (nSPS) is 20.6. The fraction of sp³-hybridized carbons (Fsp3) is 0.625. The Bertz CT molecular complexity index is 419. The van der Waals surface area contributed by atoms with Crippen molar-refractivity contribution in [1.29, 1.82) is 0 Å². The minimum absolute atomic E-state index is 0.242. The molecule has 112 valence electrons. The maximum Gasteiger partial charge on any atom is 0.133 e. The van der Waals surface area contributed by atoms with Crippen LogP contribution in [-0.4, -0.2) is 26.4 Å². The van der Waals surface area contributed by atoms with Crippen LogP contribution in [0.15, 0.2) is 22.7 Å². The van der Waals surface area contributed by atoms with Crippen molar-refractivity contribution in [2.24, 2.45) is 0 Å². The fourth-order valence-electron chi connectivity index (χ4n) is 2.64. The zero-order valence-electron chi connectivity index (χ0n) is 12.3. The first-order valence-electron chi connectivity index (χ1n) is 7.47. The van der Waals surface area contributed by atoms with E-state index in [1.54, 1.807) is 0 Å². The van der Waals surface area contributed by atoms with Gasteiger partial charge in [-0.25, -0.2) is 0 Å². The van der Waals surface area contributed by atoms with Crippen molar-refractivity contribution >= 4 is 15.9 Å². The van der Waals surface area contributed by atoms with Crippen LogP contribution in [0.1, 0.15) is 44.2 Å². The summed E-state index contributed by atoms with van der Waals surface area (Å²) in [4.78, 5) is 0. The Hall–Kier alpha value is -0.580. The molecule has 0 bridgehead atoms. The highest BCUT2D eigenvalue weighted by molar-refractivity contribution is 9.10. The molecule has 1 aliphatic heterocycles. The van der Waals surface area contributed by atoms with E-state index in [0.29, 0.717) is 0 Å². The van der Waals surface area contributed by atoms with Crippen LogP contribution in [0, 0.1) is 0 Å². The first kappa shape index (κ1) is 15.8. The van der Waals surface area contributed by atoms with Gasteiger partial charge in [0.25, 0.3) is 0 Å². The van der Waals surface area contributed by atoms with E-state index in [9.17, 15) is 0 Å². The fourth-order valence-corrected chi connectivity index (χ4v) is 3.15. The number of rotatable bonds is 6. The van der Waals surface area contributed by atoms with Gasteiger partial charge in [0, 0.05) is 6.61 Å². The molecule has 2 unspecified atom stereocenters. The second-order valence-corrected chi connectivity index (χ2v) is 6.06. The van der Waals surface area contributed by atoms with Gasteiger partial charge >= 0.3 is 0 Å². The molecule has 2 atom stereocenters. The first-order valence-corrected chi connectivity index (χ1v) is 8.26. The van der Waals surface area contributed by atoms with E-state index in [2.05, 4.69) is 40.3 Å². The van der Waals surface area contributed by atoms with Gasteiger partial charge in [0.2, 0.25) is 0 Å². The monoisotopic (exact) mass is 341 g/mol. The highest BCUT2D eigenvalue weighted by Crippen LogP contribution is 2.32. The van der Waals surface area contributed by atoms with E-state index >= 15 is 0 Å². The second-order valence-electron chi connectivity index (χ2n) is 5.21. The molecule has 0 spiro atoms. The molecule has 0 aromatic heterocycles. The van der Waals surface area contributed by atoms with Crippen molar-refractivity contribution in [2.45, 2.75) is 44.8 Å². The Morgan fingerprint density at radius 1 is 1.45 bits per heavy atom. The summed E-state index contributed by atoms with van der Waals surface area (Å²) in [6.07, 6.45) is 4.84. The summed E-state index contributed by atoms with van der Waals surface area (Å²) in [5.74, 6) is 0.912. The Kier molecular flexibility index (Phi) is 6.33. The summed E-state index contributed by atoms with van der Waals surface area (Å²) in [7, 11) is 2.00. The molecule has 4 heteroatoms. The van der Waals surface area contributed by atoms with E-state index in [4.69, 9.17) is 9.47 Å². The Morgan fingerprint density at radius 3 is 2.90 bits per heavy atom. The summed E-state index contributed by atoms with van der Waals surface area (Å²) >= 11 is 3.61. The number of hydrogen-bond donors (Lipinski definition) is 1. The van der Waals surface area contributed by atoms with Crippen LogP contribution in [0.4, 0.5) is 0 Å². The van der Waals surface area contributed by atoms with Crippen LogP contribution < -0.4 is 10.1 Å². The van der Waals surface area contributed by atoms with Crippen molar-refractivity contribution in [3.05, 3.63) is 28.2 Å². The molecule has 1 fully saturated rings. The van der Waals surface area contributed by atoms with Gasteiger partial charge in [0.05, 0.1) is 23.2 Å². The summed E-state index contributed by atoms with van der Waals surface area (Å²) in [6.45, 7) is 3.74. The topological polar surface area (TPSA) is 30.5 Å². The molecular weight excluding hydrogens is 318 g/mol. The molecule has 1 aromatic rings. The highest BCUT2D eigenvalue weighted by Gasteiger charge is 2.25. The van der Waals surface area contributed by atoms with Crippen molar-refractivity contribution in [1.82, 2.24) is 5.32 Å². The molecular formula is C16H24BrNO2. The molecule has 1 heterocycles. The maximum atomic E-state index is 5.91. The lowest BCUT2D eigenvalue weighted by molar-refractivity contribution is -0.00664. The molecule has 1 aliphatic rings. The summed E-state index contributed by atoms with van der Waals surface area (Å²) < 4.78 is 12.6. The minimum Gasteiger partial charge on any atom is -0.492 e. The molecule has 1 N–H and O–H groups in total. The van der Waals surface area contributed by atoms with Gasteiger partial charge in [-0.15, -0.1) is 0 Å². The zero-order valence-corrected chi connectivity index (χ0v) is 13.9. The third-order valence-corrected chi connectivity index (χ3v) is 4.29. The Balaban J connectivity index is 2.11. The van der Waals surface area contributed by atoms with E-state index in [-0.39, 0.29) is 12.1 Å². The minimum atomic E-state index is 0.242. The van der Waals surface area contributed by atoms with E-state index < -0.39 is 0 Å². The largest absolute Gasteiger partial charge is 0.492 e. The van der Waals surface area contributed by atoms with Gasteiger partial charge in [-0.2, -0.15) is 0 Å². The average molecular weight is 342 g/mol. The molecule has 1 aromatic carbocycles. The van der Waals surface area contributed by atoms with Gasteiger partial charge in [-0.3, -0.25) is 0 Å². The van der Waals surface area contributed by atoms with Gasteiger partial charge in [0.15, 0.2) is 0 Å². The number of ether oxygens (including phenoxy) is 2. The number of likely N-dealkylation sites (N-methyl/N-ethyl adjacent to an activating group) is 1. The van der Waals surface area contributed by atoms with Gasteiger partial charge in [0.1, 0.15) is 5.75 Å². The van der Waals surface area contributed by atoms with Crippen LogP contribution in [0.2, 0.25) is 0 Å². The number of hydrogen-bond acceptors (Lipinski definition) is 3. The van der Waals surface area contributed by atoms with Crippen molar-refractivity contribution < 1.29 is 9.47 Å². The SMILES string of the molecule is CCCOc1ccc(C(NC)C2CCCCO2)cc1Br. The van der Waals surface area contributed by atoms with Crippen LogP contribution in [-0.2, 0) is 4.74 Å². The van der Waals surface area contributed by atoms with Gasteiger partial charge in [-0.1, -0.05) is 13.0 Å². The molecule has 0 aliphatic carbocycles. The molecule has 1 saturated heterocycles. The molecule has 2 rings (SSSR count). The van der Waals surface area contributed by atoms with Gasteiger partial charge in [-0.05, 0) is 66.4 Å². The summed E-state index contributed by atoms with van der Waals surface area (Å²) in [6, 6.07) is 6.56. The van der Waals surface area contributed by atoms with Crippen molar-refractivity contribution in [3.63, 3.8) is 0 Å².